The predicted molar refractivity (Wildman–Crippen MR) is 64.8 cm³/mol. The van der Waals surface area contributed by atoms with Crippen molar-refractivity contribution in [3.05, 3.63) is 12.7 Å². The predicted octanol–water partition coefficient (Wildman–Crippen LogP) is 4.13. The number of hydrogen-bond donors (Lipinski definition) is 0. The summed E-state index contributed by atoms with van der Waals surface area (Å²) in [6.45, 7) is 8.37. The van der Waals surface area contributed by atoms with Crippen LogP contribution in [0.1, 0.15) is 58.8 Å². The molecular formula is C14H24O. The lowest BCUT2D eigenvalue weighted by molar-refractivity contribution is -0.124. The van der Waals surface area contributed by atoms with E-state index in [9.17, 15) is 4.79 Å². The number of rotatable bonds is 5. The van der Waals surface area contributed by atoms with Gasteiger partial charge in [-0.25, -0.2) is 0 Å². The summed E-state index contributed by atoms with van der Waals surface area (Å²) in [5, 5.41) is 0. The quantitative estimate of drug-likeness (QED) is 0.490. The fraction of sp³-hybridized carbons (Fsp3) is 0.786. The van der Waals surface area contributed by atoms with Crippen molar-refractivity contribution in [2.45, 2.75) is 58.8 Å². The van der Waals surface area contributed by atoms with Gasteiger partial charge in [0.1, 0.15) is 5.78 Å². The zero-order chi connectivity index (χ0) is 11.3. The van der Waals surface area contributed by atoms with E-state index in [1.54, 1.807) is 0 Å². The van der Waals surface area contributed by atoms with Gasteiger partial charge in [0, 0.05) is 12.8 Å². The van der Waals surface area contributed by atoms with Crippen LogP contribution in [-0.2, 0) is 4.79 Å². The summed E-state index contributed by atoms with van der Waals surface area (Å²) in [6, 6.07) is 0. The maximum atomic E-state index is 11.4. The molecule has 0 saturated heterocycles. The number of hydrogen-bond acceptors (Lipinski definition) is 1. The minimum atomic E-state index is 0.377. The molecule has 0 spiro atoms. The van der Waals surface area contributed by atoms with Crippen LogP contribution in [0.2, 0.25) is 0 Å². The van der Waals surface area contributed by atoms with E-state index in [0.717, 1.165) is 25.7 Å². The third kappa shape index (κ3) is 3.81. The average molecular weight is 208 g/mol. The van der Waals surface area contributed by atoms with Crippen LogP contribution in [-0.4, -0.2) is 5.78 Å². The van der Waals surface area contributed by atoms with Crippen molar-refractivity contribution in [2.75, 3.05) is 0 Å². The Hall–Kier alpha value is -0.590. The lowest BCUT2D eigenvalue weighted by atomic mass is 9.67. The lowest BCUT2D eigenvalue weighted by Crippen LogP contribution is -2.31. The molecule has 0 aromatic rings. The SMILES string of the molecule is C=CCCCC[C@@H]1CC(=O)CCC1(C)C. The number of carbonyl (C=O) groups is 1. The Kier molecular flexibility index (Phi) is 4.56. The molecule has 86 valence electrons. The van der Waals surface area contributed by atoms with Crippen LogP contribution >= 0.6 is 0 Å². The van der Waals surface area contributed by atoms with Gasteiger partial charge >= 0.3 is 0 Å². The van der Waals surface area contributed by atoms with E-state index >= 15 is 0 Å². The van der Waals surface area contributed by atoms with Gasteiger partial charge < -0.3 is 0 Å². The van der Waals surface area contributed by atoms with Crippen LogP contribution in [0, 0.1) is 11.3 Å². The average Bonchev–Trinajstić information content (AvgIpc) is 2.18. The standard InChI is InChI=1S/C14H24O/c1-4-5-6-7-8-12-11-13(15)9-10-14(12,2)3/h4,12H,1,5-11H2,2-3H3/t12-/m1/s1. The number of carbonyl (C=O) groups excluding carboxylic acids is 1. The number of Topliss-reactive ketones (excluding diaryl/α,β-unsaturated/α-hetero) is 1. The van der Waals surface area contributed by atoms with E-state index in [1.807, 2.05) is 6.08 Å². The second-order valence-corrected chi connectivity index (χ2v) is 5.50. The van der Waals surface area contributed by atoms with E-state index in [4.69, 9.17) is 0 Å². The second-order valence-electron chi connectivity index (χ2n) is 5.50. The van der Waals surface area contributed by atoms with Gasteiger partial charge in [-0.2, -0.15) is 0 Å². The Morgan fingerprint density at radius 3 is 2.87 bits per heavy atom. The Balaban J connectivity index is 2.36. The smallest absolute Gasteiger partial charge is 0.133 e. The first-order valence-electron chi connectivity index (χ1n) is 6.19. The summed E-state index contributed by atoms with van der Waals surface area (Å²) >= 11 is 0. The number of unbranched alkanes of at least 4 members (excludes halogenated alkanes) is 2. The van der Waals surface area contributed by atoms with Crippen LogP contribution in [0.5, 0.6) is 0 Å². The van der Waals surface area contributed by atoms with Crippen LogP contribution in [0.3, 0.4) is 0 Å². The maximum Gasteiger partial charge on any atom is 0.133 e. The van der Waals surface area contributed by atoms with E-state index in [2.05, 4.69) is 20.4 Å². The fourth-order valence-corrected chi connectivity index (χ4v) is 2.49. The normalized spacial score (nSPS) is 25.2. The first-order chi connectivity index (χ1) is 7.06. The van der Waals surface area contributed by atoms with Crippen molar-refractivity contribution in [1.29, 1.82) is 0 Å². The molecule has 0 unspecified atom stereocenters. The molecule has 1 aliphatic rings. The van der Waals surface area contributed by atoms with Gasteiger partial charge in [-0.05, 0) is 37.0 Å². The van der Waals surface area contributed by atoms with Crippen molar-refractivity contribution in [2.24, 2.45) is 11.3 Å². The zero-order valence-electron chi connectivity index (χ0n) is 10.2. The highest BCUT2D eigenvalue weighted by atomic mass is 16.1. The van der Waals surface area contributed by atoms with Crippen LogP contribution in [0.4, 0.5) is 0 Å². The van der Waals surface area contributed by atoms with Crippen LogP contribution in [0.15, 0.2) is 12.7 Å². The van der Waals surface area contributed by atoms with Gasteiger partial charge in [0.2, 0.25) is 0 Å². The molecule has 0 amide bonds. The molecule has 0 bridgehead atoms. The molecule has 0 aromatic heterocycles. The number of allylic oxidation sites excluding steroid dienone is 1. The van der Waals surface area contributed by atoms with Gasteiger partial charge in [-0.1, -0.05) is 26.3 Å². The van der Waals surface area contributed by atoms with Crippen molar-refractivity contribution in [3.8, 4) is 0 Å². The van der Waals surface area contributed by atoms with Crippen molar-refractivity contribution in [3.63, 3.8) is 0 Å². The monoisotopic (exact) mass is 208 g/mol. The van der Waals surface area contributed by atoms with Crippen molar-refractivity contribution >= 4 is 5.78 Å². The Labute approximate surface area is 93.9 Å². The van der Waals surface area contributed by atoms with Gasteiger partial charge in [-0.15, -0.1) is 6.58 Å². The molecule has 0 aliphatic heterocycles. The summed E-state index contributed by atoms with van der Waals surface area (Å²) in [7, 11) is 0. The minimum absolute atomic E-state index is 0.377. The van der Waals surface area contributed by atoms with Gasteiger partial charge in [-0.3, -0.25) is 4.79 Å². The van der Waals surface area contributed by atoms with E-state index in [-0.39, 0.29) is 0 Å². The molecule has 0 aromatic carbocycles. The van der Waals surface area contributed by atoms with Crippen LogP contribution in [0.25, 0.3) is 0 Å². The number of ketones is 1. The molecule has 1 fully saturated rings. The highest BCUT2D eigenvalue weighted by Gasteiger charge is 2.34. The molecule has 1 heteroatoms. The molecule has 1 aliphatic carbocycles. The van der Waals surface area contributed by atoms with Crippen LogP contribution < -0.4 is 0 Å². The minimum Gasteiger partial charge on any atom is -0.300 e. The first kappa shape index (κ1) is 12.5. The Morgan fingerprint density at radius 1 is 1.47 bits per heavy atom. The Morgan fingerprint density at radius 2 is 2.20 bits per heavy atom. The third-order valence-corrected chi connectivity index (χ3v) is 3.84. The summed E-state index contributed by atoms with van der Waals surface area (Å²) in [4.78, 5) is 11.4. The van der Waals surface area contributed by atoms with Gasteiger partial charge in [0.25, 0.3) is 0 Å². The molecular weight excluding hydrogens is 184 g/mol. The lowest BCUT2D eigenvalue weighted by Gasteiger charge is -2.38. The first-order valence-corrected chi connectivity index (χ1v) is 6.19. The zero-order valence-corrected chi connectivity index (χ0v) is 10.2. The largest absolute Gasteiger partial charge is 0.300 e. The van der Waals surface area contributed by atoms with Crippen molar-refractivity contribution < 1.29 is 4.79 Å². The Bertz CT molecular complexity index is 227. The maximum absolute atomic E-state index is 11.4. The molecule has 1 atom stereocenters. The molecule has 0 heterocycles. The van der Waals surface area contributed by atoms with Gasteiger partial charge in [0.15, 0.2) is 0 Å². The molecule has 0 N–H and O–H groups in total. The summed E-state index contributed by atoms with van der Waals surface area (Å²) < 4.78 is 0. The molecule has 1 saturated carbocycles. The summed E-state index contributed by atoms with van der Waals surface area (Å²) in [5.74, 6) is 1.09. The second kappa shape index (κ2) is 5.48. The fourth-order valence-electron chi connectivity index (χ4n) is 2.49. The highest BCUT2D eigenvalue weighted by Crippen LogP contribution is 2.41. The summed E-state index contributed by atoms with van der Waals surface area (Å²) in [5.41, 5.74) is 0.377. The van der Waals surface area contributed by atoms with E-state index in [1.165, 1.54) is 19.3 Å². The van der Waals surface area contributed by atoms with Crippen molar-refractivity contribution in [1.82, 2.24) is 0 Å². The third-order valence-electron chi connectivity index (χ3n) is 3.84. The molecule has 0 radical (unpaired) electrons. The molecule has 1 rings (SSSR count). The molecule has 15 heavy (non-hydrogen) atoms. The van der Waals surface area contributed by atoms with E-state index in [0.29, 0.717) is 17.1 Å². The topological polar surface area (TPSA) is 17.1 Å². The summed E-state index contributed by atoms with van der Waals surface area (Å²) in [6.07, 6.45) is 9.48. The van der Waals surface area contributed by atoms with E-state index < -0.39 is 0 Å². The van der Waals surface area contributed by atoms with Gasteiger partial charge in [0.05, 0.1) is 0 Å². The molecule has 1 nitrogen and oxygen atoms in total. The highest BCUT2D eigenvalue weighted by molar-refractivity contribution is 5.79.